The SMILES string of the molecule is C.Cn1nc(-c2ccc(C(F)(F)F)cc2)cc1N.Cn1nc(-c2ccc(C(F)(F)F)cc2)cc1Nc1ccc(/C(N)=N\O)nc1.Cn1nc(-c2ccc(C(F)(F)F)cc2)cc1Nc1ccc(C#N)nc1.N#CCC(=O)c1ccc(C(F)(F)F)cc1.N#Cc1ccc(Br)cn1. The number of Topliss-reactive ketones (excluding diaryl/α,β-unsaturated/α-hetero) is 1. The Hall–Kier alpha value is -11.6. The summed E-state index contributed by atoms with van der Waals surface area (Å²) in [6.07, 6.45) is -13.2. The Morgan fingerprint density at radius 1 is 0.532 bits per heavy atom. The van der Waals surface area contributed by atoms with Crippen LogP contribution in [0.15, 0.2) is 180 Å². The van der Waals surface area contributed by atoms with Crippen molar-refractivity contribution >= 4 is 56.4 Å². The summed E-state index contributed by atoms with van der Waals surface area (Å²) < 4.78 is 155. The number of carbonyl (C=O) groups is 1. The van der Waals surface area contributed by atoms with Gasteiger partial charge in [-0.25, -0.2) is 9.97 Å². The van der Waals surface area contributed by atoms with E-state index in [0.717, 1.165) is 65.1 Å². The number of carbonyl (C=O) groups excluding carboxylic acids is 1. The van der Waals surface area contributed by atoms with Gasteiger partial charge in [-0.05, 0) is 101 Å². The first-order valence-corrected chi connectivity index (χ1v) is 26.9. The van der Waals surface area contributed by atoms with Crippen LogP contribution in [0.5, 0.6) is 0 Å². The second kappa shape index (κ2) is 31.9. The average Bonchev–Trinajstić information content (AvgIpc) is 1.68. The molecule has 0 bridgehead atoms. The molecule has 4 aromatic carbocycles. The third kappa shape index (κ3) is 21.0. The molecule has 19 nitrogen and oxygen atoms in total. The minimum absolute atomic E-state index is 0. The van der Waals surface area contributed by atoms with E-state index in [0.29, 0.717) is 79.7 Å². The van der Waals surface area contributed by atoms with E-state index in [9.17, 15) is 57.5 Å². The summed E-state index contributed by atoms with van der Waals surface area (Å²) in [6.45, 7) is 0. The van der Waals surface area contributed by atoms with Crippen LogP contribution >= 0.6 is 15.9 Å². The lowest BCUT2D eigenvalue weighted by Gasteiger charge is -2.06. The third-order valence-electron chi connectivity index (χ3n) is 12.4. The molecule has 0 fully saturated rings. The maximum Gasteiger partial charge on any atom is 0.416 e. The van der Waals surface area contributed by atoms with E-state index in [1.165, 1.54) is 53.5 Å². The van der Waals surface area contributed by atoms with Crippen LogP contribution in [0, 0.1) is 34.0 Å². The van der Waals surface area contributed by atoms with E-state index in [4.69, 9.17) is 32.5 Å². The highest BCUT2D eigenvalue weighted by Crippen LogP contribution is 2.35. The lowest BCUT2D eigenvalue weighted by Crippen LogP contribution is -2.14. The summed E-state index contributed by atoms with van der Waals surface area (Å²) in [7, 11) is 5.09. The fraction of sp³-hybridized carbons (Fsp3) is 0.145. The van der Waals surface area contributed by atoms with Gasteiger partial charge in [0.15, 0.2) is 11.6 Å². The van der Waals surface area contributed by atoms with Crippen LogP contribution in [0.1, 0.15) is 63.5 Å². The fourth-order valence-corrected chi connectivity index (χ4v) is 7.76. The van der Waals surface area contributed by atoms with Crippen LogP contribution in [0.3, 0.4) is 0 Å². The van der Waals surface area contributed by atoms with Gasteiger partial charge in [0.2, 0.25) is 0 Å². The van der Waals surface area contributed by atoms with Crippen molar-refractivity contribution in [2.24, 2.45) is 32.0 Å². The maximum absolute atomic E-state index is 12.7. The third-order valence-corrected chi connectivity index (χ3v) is 12.8. The van der Waals surface area contributed by atoms with Crippen molar-refractivity contribution in [2.45, 2.75) is 38.6 Å². The molecular weight excluding hydrogens is 1320 g/mol. The van der Waals surface area contributed by atoms with E-state index in [-0.39, 0.29) is 25.2 Å². The Morgan fingerprint density at radius 3 is 1.20 bits per heavy atom. The Bertz CT molecular complexity index is 4260. The number of nitriles is 3. The fourth-order valence-electron chi connectivity index (χ4n) is 7.52. The Balaban J connectivity index is 0.000000221. The van der Waals surface area contributed by atoms with Crippen LogP contribution in [-0.2, 0) is 45.8 Å². The van der Waals surface area contributed by atoms with Gasteiger partial charge in [-0.15, -0.1) is 0 Å². The van der Waals surface area contributed by atoms with Crippen molar-refractivity contribution in [3.63, 3.8) is 0 Å². The summed E-state index contributed by atoms with van der Waals surface area (Å²) in [4.78, 5) is 22.9. The van der Waals surface area contributed by atoms with E-state index >= 15 is 0 Å². The molecule has 94 heavy (non-hydrogen) atoms. The number of hydrogen-bond acceptors (Lipinski definition) is 15. The predicted molar refractivity (Wildman–Crippen MR) is 327 cm³/mol. The lowest BCUT2D eigenvalue weighted by atomic mass is 10.1. The van der Waals surface area contributed by atoms with Crippen molar-refractivity contribution in [1.82, 2.24) is 44.3 Å². The van der Waals surface area contributed by atoms with Gasteiger partial charge in [0.25, 0.3) is 0 Å². The van der Waals surface area contributed by atoms with Crippen molar-refractivity contribution < 1.29 is 62.7 Å². The van der Waals surface area contributed by atoms with Crippen LogP contribution in [0.25, 0.3) is 33.8 Å². The normalized spacial score (nSPS) is 11.1. The largest absolute Gasteiger partial charge is 0.416 e. The van der Waals surface area contributed by atoms with E-state index < -0.39 is 52.7 Å². The number of amidine groups is 1. The first-order valence-electron chi connectivity index (χ1n) is 26.1. The Kier molecular flexibility index (Phi) is 24.8. The average molecular weight is 1370 g/mol. The number of ketones is 1. The molecule has 0 spiro atoms. The highest BCUT2D eigenvalue weighted by molar-refractivity contribution is 9.10. The molecule has 0 aliphatic rings. The van der Waals surface area contributed by atoms with Crippen LogP contribution in [0.2, 0.25) is 0 Å². The minimum Gasteiger partial charge on any atom is -0.409 e. The lowest BCUT2D eigenvalue weighted by molar-refractivity contribution is -0.138. The number of anilines is 5. The Morgan fingerprint density at radius 2 is 0.894 bits per heavy atom. The zero-order valence-electron chi connectivity index (χ0n) is 48.1. The number of nitrogens with one attached hydrogen (secondary N) is 2. The first-order chi connectivity index (χ1) is 43.8. The number of halogens is 13. The van der Waals surface area contributed by atoms with Crippen LogP contribution in [-0.4, -0.2) is 61.1 Å². The molecule has 0 atom stereocenters. The number of benzene rings is 4. The molecule has 0 saturated heterocycles. The Labute approximate surface area is 535 Å². The molecule has 0 aliphatic heterocycles. The number of nitrogens with zero attached hydrogens (tertiary/aromatic N) is 13. The van der Waals surface area contributed by atoms with Gasteiger partial charge in [0.05, 0.1) is 75.6 Å². The minimum atomic E-state index is -4.41. The molecule has 32 heteroatoms. The molecule has 0 aliphatic carbocycles. The molecule has 10 aromatic rings. The van der Waals surface area contributed by atoms with Crippen molar-refractivity contribution in [1.29, 1.82) is 15.8 Å². The summed E-state index contributed by atoms with van der Waals surface area (Å²) in [5, 5.41) is 55.7. The van der Waals surface area contributed by atoms with Gasteiger partial charge >= 0.3 is 24.7 Å². The second-order valence-corrected chi connectivity index (χ2v) is 19.8. The number of oxime groups is 1. The number of nitrogens with two attached hydrogens (primary N) is 2. The van der Waals surface area contributed by atoms with Crippen molar-refractivity contribution in [2.75, 3.05) is 16.4 Å². The van der Waals surface area contributed by atoms with E-state index in [1.807, 2.05) is 12.1 Å². The molecule has 0 unspecified atom stereocenters. The van der Waals surface area contributed by atoms with Gasteiger partial charge in [-0.3, -0.25) is 23.8 Å². The van der Waals surface area contributed by atoms with Crippen LogP contribution < -0.4 is 22.1 Å². The summed E-state index contributed by atoms with van der Waals surface area (Å²) in [5.74, 6) is 1.13. The number of aryl methyl sites for hydroxylation is 3. The monoisotopic (exact) mass is 1370 g/mol. The summed E-state index contributed by atoms with van der Waals surface area (Å²) in [5.41, 5.74) is 14.0. The second-order valence-electron chi connectivity index (χ2n) is 18.9. The van der Waals surface area contributed by atoms with Crippen LogP contribution in [0.4, 0.5) is 81.5 Å². The molecule has 6 heterocycles. The number of rotatable bonds is 10. The van der Waals surface area contributed by atoms with Gasteiger partial charge in [0, 0.05) is 72.3 Å². The van der Waals surface area contributed by atoms with Gasteiger partial charge in [-0.1, -0.05) is 61.1 Å². The van der Waals surface area contributed by atoms with E-state index in [2.05, 4.69) is 62.0 Å². The molecule has 7 N–H and O–H groups in total. The molecule has 6 aromatic heterocycles. The maximum atomic E-state index is 12.7. The zero-order valence-corrected chi connectivity index (χ0v) is 49.7. The number of aromatic nitrogens is 9. The first kappa shape index (κ1) is 73.1. The number of hydrogen-bond donors (Lipinski definition) is 5. The van der Waals surface area contributed by atoms with Crippen molar-refractivity contribution in [3.8, 4) is 52.0 Å². The standard InChI is InChI=1S/C17H15F3N6O.C17H12F3N5.C11H10F3N3.C10H6F3NO.C6H3BrN2.CH4/c1-26-15(23-12-6-7-13(22-9-12)16(21)25-27)8-14(24-26)10-2-4-11(5-3-10)17(18,19)20;1-25-16(23-14-7-6-13(9-21)22-10-14)8-15(24-25)11-2-4-12(5-3-11)17(18,19)20;1-17-10(15)6-9(16-17)7-2-4-8(5-3-7)11(12,13)14;11-10(12,13)8-3-1-7(2-4-8)9(15)5-6-14;7-5-1-2-6(3-8)9-4-5;/h2-9,23,27H,1H3,(H2,21,25);2-8,10,23H,1H3;2-6H,15H2,1H3;1-4H,5H2;1-2,4H;1H4. The summed E-state index contributed by atoms with van der Waals surface area (Å²) >= 11 is 3.20. The quantitative estimate of drug-likeness (QED) is 0.0212. The number of alkyl halides is 12. The molecule has 486 valence electrons. The zero-order chi connectivity index (χ0) is 68.4. The van der Waals surface area contributed by atoms with Gasteiger partial charge in [-0.2, -0.15) is 83.8 Å². The molecule has 0 amide bonds. The summed E-state index contributed by atoms with van der Waals surface area (Å²) in [6, 6.07) is 38.8. The van der Waals surface area contributed by atoms with E-state index in [1.54, 1.807) is 97.4 Å². The van der Waals surface area contributed by atoms with Gasteiger partial charge < -0.3 is 27.3 Å². The highest BCUT2D eigenvalue weighted by Gasteiger charge is 2.33. The molecule has 0 saturated carbocycles. The molecule has 0 radical (unpaired) electrons. The topological polar surface area (TPSA) is 289 Å². The smallest absolute Gasteiger partial charge is 0.409 e. The van der Waals surface area contributed by atoms with Gasteiger partial charge in [0.1, 0.15) is 46.7 Å². The predicted octanol–water partition coefficient (Wildman–Crippen LogP) is 15.3. The highest BCUT2D eigenvalue weighted by atomic mass is 79.9. The number of pyridine rings is 3. The number of nitrogen functional groups attached to an aromatic ring is 1. The molecular formula is C62H50BrF12N17O2. The van der Waals surface area contributed by atoms with Crippen molar-refractivity contribution in [3.05, 3.63) is 220 Å². The molecule has 10 rings (SSSR count).